The molecule has 18 heavy (non-hydrogen) atoms. The fourth-order valence-electron chi connectivity index (χ4n) is 2.05. The number of anilines is 1. The second-order valence-electron chi connectivity index (χ2n) is 4.55. The van der Waals surface area contributed by atoms with Crippen LogP contribution in [0.5, 0.6) is 0 Å². The van der Waals surface area contributed by atoms with E-state index in [1.807, 2.05) is 0 Å². The summed E-state index contributed by atoms with van der Waals surface area (Å²) in [5.41, 5.74) is 6.46. The number of rotatable bonds is 3. The van der Waals surface area contributed by atoms with Crippen molar-refractivity contribution in [3.05, 3.63) is 29.1 Å². The molecule has 1 aromatic carbocycles. The van der Waals surface area contributed by atoms with Crippen molar-refractivity contribution in [3.63, 3.8) is 0 Å². The maximum atomic E-state index is 13.7. The fraction of sp³-hybridized carbons (Fsp3) is 0.462. The Balaban J connectivity index is 2.22. The summed E-state index contributed by atoms with van der Waals surface area (Å²) in [6.45, 7) is 3.04. The number of carbonyl (C=O) groups excluding carboxylic acids is 1. The molecule has 1 atom stereocenters. The molecule has 0 spiro atoms. The standard InChI is InChI=1S/C13H17FN2O2/c1-8-11(14)5-9(13(15)17)6-12(8)16-10-3-2-4-18-7-10/h5-6,10,16H,2-4,7H2,1H3,(H2,15,17). The topological polar surface area (TPSA) is 64.4 Å². The second kappa shape index (κ2) is 5.35. The molecular formula is C13H17FN2O2. The molecule has 1 amide bonds. The summed E-state index contributed by atoms with van der Waals surface area (Å²) in [6.07, 6.45) is 1.95. The second-order valence-corrected chi connectivity index (χ2v) is 4.55. The van der Waals surface area contributed by atoms with Gasteiger partial charge in [-0.25, -0.2) is 4.39 Å². The van der Waals surface area contributed by atoms with Gasteiger partial charge in [0.05, 0.1) is 6.61 Å². The van der Waals surface area contributed by atoms with Crippen LogP contribution in [0.2, 0.25) is 0 Å². The molecule has 4 nitrogen and oxygen atoms in total. The molecule has 0 aromatic heterocycles. The number of hydrogen-bond acceptors (Lipinski definition) is 3. The van der Waals surface area contributed by atoms with Crippen LogP contribution >= 0.6 is 0 Å². The van der Waals surface area contributed by atoms with Crippen LogP contribution in [-0.4, -0.2) is 25.2 Å². The highest BCUT2D eigenvalue weighted by atomic mass is 19.1. The number of nitrogens with two attached hydrogens (primary N) is 1. The van der Waals surface area contributed by atoms with E-state index >= 15 is 0 Å². The van der Waals surface area contributed by atoms with Crippen molar-refractivity contribution in [3.8, 4) is 0 Å². The van der Waals surface area contributed by atoms with Gasteiger partial charge in [0.1, 0.15) is 5.82 Å². The van der Waals surface area contributed by atoms with E-state index in [9.17, 15) is 9.18 Å². The van der Waals surface area contributed by atoms with Crippen LogP contribution in [0.25, 0.3) is 0 Å². The molecule has 1 unspecified atom stereocenters. The lowest BCUT2D eigenvalue weighted by Crippen LogP contribution is -2.30. The summed E-state index contributed by atoms with van der Waals surface area (Å²) in [4.78, 5) is 11.1. The zero-order valence-electron chi connectivity index (χ0n) is 10.3. The van der Waals surface area contributed by atoms with Crippen molar-refractivity contribution in [2.75, 3.05) is 18.5 Å². The molecule has 1 fully saturated rings. The molecule has 1 saturated heterocycles. The van der Waals surface area contributed by atoms with Crippen molar-refractivity contribution >= 4 is 11.6 Å². The summed E-state index contributed by atoms with van der Waals surface area (Å²) in [7, 11) is 0. The maximum absolute atomic E-state index is 13.7. The van der Waals surface area contributed by atoms with Gasteiger partial charge in [-0.2, -0.15) is 0 Å². The largest absolute Gasteiger partial charge is 0.380 e. The van der Waals surface area contributed by atoms with Gasteiger partial charge >= 0.3 is 0 Å². The maximum Gasteiger partial charge on any atom is 0.248 e. The minimum atomic E-state index is -0.628. The first kappa shape index (κ1) is 12.8. The average molecular weight is 252 g/mol. The van der Waals surface area contributed by atoms with Crippen LogP contribution < -0.4 is 11.1 Å². The van der Waals surface area contributed by atoms with Gasteiger partial charge in [-0.15, -0.1) is 0 Å². The van der Waals surface area contributed by atoms with Crippen molar-refractivity contribution in [1.29, 1.82) is 0 Å². The van der Waals surface area contributed by atoms with Gasteiger partial charge in [0.15, 0.2) is 0 Å². The predicted molar refractivity (Wildman–Crippen MR) is 67.1 cm³/mol. The van der Waals surface area contributed by atoms with Crippen LogP contribution in [0.1, 0.15) is 28.8 Å². The van der Waals surface area contributed by atoms with Gasteiger partial charge in [0.25, 0.3) is 0 Å². The molecule has 1 aromatic rings. The Morgan fingerprint density at radius 2 is 2.33 bits per heavy atom. The zero-order valence-corrected chi connectivity index (χ0v) is 10.3. The Morgan fingerprint density at radius 1 is 1.56 bits per heavy atom. The van der Waals surface area contributed by atoms with Crippen LogP contribution in [-0.2, 0) is 4.74 Å². The molecule has 0 bridgehead atoms. The number of halogens is 1. The molecular weight excluding hydrogens is 235 g/mol. The van der Waals surface area contributed by atoms with Crippen molar-refractivity contribution in [2.45, 2.75) is 25.8 Å². The third-order valence-electron chi connectivity index (χ3n) is 3.15. The third kappa shape index (κ3) is 2.79. The molecule has 1 aliphatic heterocycles. The van der Waals surface area contributed by atoms with E-state index in [1.54, 1.807) is 13.0 Å². The number of benzene rings is 1. The predicted octanol–water partition coefficient (Wildman–Crippen LogP) is 1.82. The summed E-state index contributed by atoms with van der Waals surface area (Å²) in [6, 6.07) is 2.91. The van der Waals surface area contributed by atoms with Gasteiger partial charge in [-0.3, -0.25) is 4.79 Å². The quantitative estimate of drug-likeness (QED) is 0.862. The fourth-order valence-corrected chi connectivity index (χ4v) is 2.05. The Labute approximate surface area is 105 Å². The van der Waals surface area contributed by atoms with Crippen molar-refractivity contribution in [2.24, 2.45) is 5.73 Å². The number of primary amides is 1. The summed E-state index contributed by atoms with van der Waals surface area (Å²) in [5, 5.41) is 3.21. The Kier molecular flexibility index (Phi) is 3.81. The third-order valence-corrected chi connectivity index (χ3v) is 3.15. The lowest BCUT2D eigenvalue weighted by atomic mass is 10.1. The number of nitrogens with one attached hydrogen (secondary N) is 1. The molecule has 5 heteroatoms. The average Bonchev–Trinajstić information content (AvgIpc) is 2.35. The van der Waals surface area contributed by atoms with Crippen molar-refractivity contribution < 1.29 is 13.9 Å². The lowest BCUT2D eigenvalue weighted by molar-refractivity contribution is 0.0876. The molecule has 3 N–H and O–H groups in total. The highest BCUT2D eigenvalue weighted by molar-refractivity contribution is 5.94. The normalized spacial score (nSPS) is 19.6. The first-order valence-corrected chi connectivity index (χ1v) is 6.02. The number of carbonyl (C=O) groups is 1. The van der Waals surface area contributed by atoms with Crippen LogP contribution in [0.4, 0.5) is 10.1 Å². The van der Waals surface area contributed by atoms with Gasteiger partial charge < -0.3 is 15.8 Å². The van der Waals surface area contributed by atoms with Gasteiger partial charge in [-0.05, 0) is 31.9 Å². The first-order chi connectivity index (χ1) is 8.58. The minimum Gasteiger partial charge on any atom is -0.380 e. The highest BCUT2D eigenvalue weighted by Gasteiger charge is 2.16. The monoisotopic (exact) mass is 252 g/mol. The molecule has 0 aliphatic carbocycles. The highest BCUT2D eigenvalue weighted by Crippen LogP contribution is 2.23. The first-order valence-electron chi connectivity index (χ1n) is 6.02. The van der Waals surface area contributed by atoms with E-state index in [4.69, 9.17) is 10.5 Å². The number of amides is 1. The van der Waals surface area contributed by atoms with Gasteiger partial charge in [-0.1, -0.05) is 0 Å². The van der Waals surface area contributed by atoms with E-state index in [1.165, 1.54) is 6.07 Å². The smallest absolute Gasteiger partial charge is 0.248 e. The number of hydrogen-bond donors (Lipinski definition) is 2. The Morgan fingerprint density at radius 3 is 2.94 bits per heavy atom. The SMILES string of the molecule is Cc1c(F)cc(C(N)=O)cc1NC1CCCOC1. The molecule has 2 rings (SSSR count). The molecule has 98 valence electrons. The lowest BCUT2D eigenvalue weighted by Gasteiger charge is -2.25. The molecule has 1 aliphatic rings. The van der Waals surface area contributed by atoms with Gasteiger partial charge in [0, 0.05) is 29.5 Å². The zero-order chi connectivity index (χ0) is 13.1. The Bertz CT molecular complexity index is 457. The molecule has 0 saturated carbocycles. The van der Waals surface area contributed by atoms with Crippen LogP contribution in [0.15, 0.2) is 12.1 Å². The summed E-state index contributed by atoms with van der Waals surface area (Å²) < 4.78 is 19.0. The van der Waals surface area contributed by atoms with Crippen LogP contribution in [0, 0.1) is 12.7 Å². The van der Waals surface area contributed by atoms with Gasteiger partial charge in [0.2, 0.25) is 5.91 Å². The molecule has 1 heterocycles. The number of ether oxygens (including phenoxy) is 1. The van der Waals surface area contributed by atoms with E-state index in [2.05, 4.69) is 5.32 Å². The summed E-state index contributed by atoms with van der Waals surface area (Å²) >= 11 is 0. The van der Waals surface area contributed by atoms with E-state index in [-0.39, 0.29) is 11.6 Å². The van der Waals surface area contributed by atoms with Crippen molar-refractivity contribution in [1.82, 2.24) is 0 Å². The van der Waals surface area contributed by atoms with E-state index < -0.39 is 11.7 Å². The van der Waals surface area contributed by atoms with E-state index in [0.29, 0.717) is 17.9 Å². The minimum absolute atomic E-state index is 0.153. The Hall–Kier alpha value is -1.62. The van der Waals surface area contributed by atoms with Crippen LogP contribution in [0.3, 0.4) is 0 Å². The summed E-state index contributed by atoms with van der Waals surface area (Å²) in [5.74, 6) is -1.05. The molecule has 0 radical (unpaired) electrons. The van der Waals surface area contributed by atoms with E-state index in [0.717, 1.165) is 19.4 Å².